The molecule has 3 rings (SSSR count). The number of amides is 1. The van der Waals surface area contributed by atoms with Crippen LogP contribution in [0.25, 0.3) is 5.69 Å². The Morgan fingerprint density at radius 2 is 1.62 bits per heavy atom. The first-order chi connectivity index (χ1) is 18.0. The Kier molecular flexibility index (Phi) is 12.7. The van der Waals surface area contributed by atoms with Gasteiger partial charge in [-0.05, 0) is 42.3 Å². The van der Waals surface area contributed by atoms with Crippen LogP contribution in [-0.4, -0.2) is 20.7 Å². The van der Waals surface area contributed by atoms with Crippen LogP contribution in [0.1, 0.15) is 82.5 Å². The van der Waals surface area contributed by atoms with Crippen LogP contribution in [0.2, 0.25) is 10.0 Å². The van der Waals surface area contributed by atoms with E-state index in [1.165, 1.54) is 68.8 Å². The Hall–Kier alpha value is -2.09. The minimum Gasteiger partial charge on any atom is -0.349 e. The molecule has 0 spiro atoms. The van der Waals surface area contributed by atoms with E-state index >= 15 is 0 Å². The van der Waals surface area contributed by atoms with E-state index in [-0.39, 0.29) is 18.3 Å². The summed E-state index contributed by atoms with van der Waals surface area (Å²) in [5.74, 6) is 0.853. The van der Waals surface area contributed by atoms with Crippen LogP contribution in [0.3, 0.4) is 0 Å². The lowest BCUT2D eigenvalue weighted by Gasteiger charge is -2.13. The van der Waals surface area contributed by atoms with Crippen molar-refractivity contribution in [2.45, 2.75) is 88.6 Å². The predicted molar refractivity (Wildman–Crippen MR) is 151 cm³/mol. The quantitative estimate of drug-likeness (QED) is 0.140. The first-order valence-corrected chi connectivity index (χ1v) is 14.8. The van der Waals surface area contributed by atoms with E-state index < -0.39 is 0 Å². The van der Waals surface area contributed by atoms with Crippen LogP contribution in [0.15, 0.2) is 47.6 Å². The number of unbranched alkanes of at least 4 members (excludes halogenated alkanes) is 8. The first kappa shape index (κ1) is 29.5. The van der Waals surface area contributed by atoms with Gasteiger partial charge in [-0.3, -0.25) is 9.36 Å². The second-order valence-electron chi connectivity index (χ2n) is 9.10. The molecule has 0 saturated heterocycles. The van der Waals surface area contributed by atoms with Gasteiger partial charge < -0.3 is 5.32 Å². The lowest BCUT2D eigenvalue weighted by molar-refractivity contribution is -0.121. The third-order valence-corrected chi connectivity index (χ3v) is 7.64. The number of nitrogens with zero attached hydrogens (tertiary/aromatic N) is 3. The maximum Gasteiger partial charge on any atom is 0.220 e. The maximum absolute atomic E-state index is 13.3. The minimum absolute atomic E-state index is 0.00444. The summed E-state index contributed by atoms with van der Waals surface area (Å²) in [6, 6.07) is 11.5. The molecule has 0 unspecified atom stereocenters. The van der Waals surface area contributed by atoms with E-state index in [9.17, 15) is 9.18 Å². The number of nitrogens with one attached hydrogen (secondary N) is 1. The Labute approximate surface area is 233 Å². The van der Waals surface area contributed by atoms with E-state index in [1.54, 1.807) is 30.3 Å². The van der Waals surface area contributed by atoms with Gasteiger partial charge >= 0.3 is 0 Å². The Morgan fingerprint density at radius 1 is 0.946 bits per heavy atom. The summed E-state index contributed by atoms with van der Waals surface area (Å²) in [7, 11) is 0. The molecule has 3 aromatic rings. The fraction of sp³-hybridized carbons (Fsp3) is 0.464. The van der Waals surface area contributed by atoms with Crippen LogP contribution < -0.4 is 5.32 Å². The van der Waals surface area contributed by atoms with Gasteiger partial charge in [0.1, 0.15) is 5.82 Å². The third kappa shape index (κ3) is 9.95. The molecule has 0 aliphatic rings. The van der Waals surface area contributed by atoms with Crippen molar-refractivity contribution in [3.05, 3.63) is 69.7 Å². The highest BCUT2D eigenvalue weighted by Crippen LogP contribution is 2.31. The van der Waals surface area contributed by atoms with E-state index in [0.29, 0.717) is 38.9 Å². The summed E-state index contributed by atoms with van der Waals surface area (Å²) in [5.41, 5.74) is 1.60. The zero-order chi connectivity index (χ0) is 26.5. The fourth-order valence-electron chi connectivity index (χ4n) is 4.00. The molecule has 1 N–H and O–H groups in total. The van der Waals surface area contributed by atoms with Crippen LogP contribution in [-0.2, 0) is 17.1 Å². The second-order valence-corrected chi connectivity index (χ2v) is 10.9. The highest BCUT2D eigenvalue weighted by atomic mass is 35.5. The largest absolute Gasteiger partial charge is 0.349 e. The lowest BCUT2D eigenvalue weighted by atomic mass is 10.1. The number of aromatic nitrogens is 3. The highest BCUT2D eigenvalue weighted by molar-refractivity contribution is 7.98. The zero-order valence-electron chi connectivity index (χ0n) is 21.3. The number of hydrogen-bond donors (Lipinski definition) is 1. The number of carbonyl (C=O) groups is 1. The second kappa shape index (κ2) is 16.0. The molecule has 9 heteroatoms. The summed E-state index contributed by atoms with van der Waals surface area (Å²) in [5, 5.41) is 13.3. The van der Waals surface area contributed by atoms with Gasteiger partial charge in [-0.15, -0.1) is 10.2 Å². The topological polar surface area (TPSA) is 59.8 Å². The van der Waals surface area contributed by atoms with E-state index in [0.717, 1.165) is 18.4 Å². The Bertz CT molecular complexity index is 1120. The molecule has 37 heavy (non-hydrogen) atoms. The first-order valence-electron chi connectivity index (χ1n) is 13.0. The number of benzene rings is 2. The van der Waals surface area contributed by atoms with Gasteiger partial charge in [-0.25, -0.2) is 4.39 Å². The number of hydrogen-bond acceptors (Lipinski definition) is 4. The molecule has 200 valence electrons. The number of thioether (sulfide) groups is 1. The summed E-state index contributed by atoms with van der Waals surface area (Å²) < 4.78 is 15.1. The fourth-order valence-corrected chi connectivity index (χ4v) is 5.29. The SMILES string of the molecule is CCCCCCCCCCCC(=O)NCc1nnc(SCc2ccc(F)cc2)n1-c1cc(Cl)ccc1Cl. The molecule has 0 atom stereocenters. The van der Waals surface area contributed by atoms with Gasteiger partial charge in [0, 0.05) is 17.2 Å². The average Bonchev–Trinajstić information content (AvgIpc) is 3.30. The summed E-state index contributed by atoms with van der Waals surface area (Å²) in [4.78, 5) is 12.5. The summed E-state index contributed by atoms with van der Waals surface area (Å²) in [6.07, 6.45) is 11.4. The molecular formula is C28H35Cl2FN4OS. The molecule has 0 aliphatic carbocycles. The van der Waals surface area contributed by atoms with Gasteiger partial charge in [-0.1, -0.05) is 105 Å². The van der Waals surface area contributed by atoms with E-state index in [1.807, 2.05) is 4.57 Å². The van der Waals surface area contributed by atoms with Crippen LogP contribution in [0.4, 0.5) is 4.39 Å². The van der Waals surface area contributed by atoms with E-state index in [4.69, 9.17) is 23.2 Å². The molecular weight excluding hydrogens is 530 g/mol. The smallest absolute Gasteiger partial charge is 0.220 e. The van der Waals surface area contributed by atoms with Crippen molar-refractivity contribution >= 4 is 40.9 Å². The molecule has 1 heterocycles. The van der Waals surface area contributed by atoms with Crippen molar-refractivity contribution in [2.24, 2.45) is 0 Å². The van der Waals surface area contributed by atoms with Gasteiger partial charge in [0.25, 0.3) is 0 Å². The summed E-state index contributed by atoms with van der Waals surface area (Å²) in [6.45, 7) is 2.46. The predicted octanol–water partition coefficient (Wildman–Crippen LogP) is 8.54. The highest BCUT2D eigenvalue weighted by Gasteiger charge is 2.18. The molecule has 1 aromatic heterocycles. The summed E-state index contributed by atoms with van der Waals surface area (Å²) >= 11 is 14.2. The van der Waals surface area contributed by atoms with Crippen molar-refractivity contribution in [3.8, 4) is 5.69 Å². The van der Waals surface area contributed by atoms with Crippen molar-refractivity contribution < 1.29 is 9.18 Å². The van der Waals surface area contributed by atoms with Crippen LogP contribution in [0, 0.1) is 5.82 Å². The Balaban J connectivity index is 1.57. The average molecular weight is 566 g/mol. The number of rotatable bonds is 16. The lowest BCUT2D eigenvalue weighted by Crippen LogP contribution is -2.24. The molecule has 0 fully saturated rings. The van der Waals surface area contributed by atoms with Crippen molar-refractivity contribution in [1.29, 1.82) is 0 Å². The molecule has 0 radical (unpaired) electrons. The van der Waals surface area contributed by atoms with Crippen molar-refractivity contribution in [1.82, 2.24) is 20.1 Å². The molecule has 0 saturated carbocycles. The van der Waals surface area contributed by atoms with Gasteiger partial charge in [0.05, 0.1) is 17.3 Å². The zero-order valence-corrected chi connectivity index (χ0v) is 23.6. The number of carbonyl (C=O) groups excluding carboxylic acids is 1. The third-order valence-electron chi connectivity index (χ3n) is 6.08. The van der Waals surface area contributed by atoms with Gasteiger partial charge in [0.2, 0.25) is 5.91 Å². The standard InChI is InChI=1S/C28H35Cl2FN4OS/c1-2-3-4-5-6-7-8-9-10-11-27(36)32-19-26-33-34-28(37-20-21-12-15-23(31)16-13-21)35(26)25-18-22(29)14-17-24(25)30/h12-18H,2-11,19-20H2,1H3,(H,32,36). The molecule has 0 bridgehead atoms. The molecule has 1 amide bonds. The normalized spacial score (nSPS) is 11.1. The maximum atomic E-state index is 13.3. The van der Waals surface area contributed by atoms with Crippen LogP contribution in [0.5, 0.6) is 0 Å². The Morgan fingerprint density at radius 3 is 2.32 bits per heavy atom. The number of halogens is 3. The van der Waals surface area contributed by atoms with Gasteiger partial charge in [-0.2, -0.15) is 0 Å². The monoisotopic (exact) mass is 564 g/mol. The van der Waals surface area contributed by atoms with Crippen molar-refractivity contribution in [3.63, 3.8) is 0 Å². The van der Waals surface area contributed by atoms with Crippen LogP contribution >= 0.6 is 35.0 Å². The van der Waals surface area contributed by atoms with E-state index in [2.05, 4.69) is 22.4 Å². The molecule has 2 aromatic carbocycles. The molecule has 0 aliphatic heterocycles. The minimum atomic E-state index is -0.275. The van der Waals surface area contributed by atoms with Crippen molar-refractivity contribution in [2.75, 3.05) is 0 Å². The van der Waals surface area contributed by atoms with Gasteiger partial charge in [0.15, 0.2) is 11.0 Å². The molecule has 5 nitrogen and oxygen atoms in total.